The topological polar surface area (TPSA) is 95.9 Å². The lowest BCUT2D eigenvalue weighted by molar-refractivity contribution is -0.143. The summed E-state index contributed by atoms with van der Waals surface area (Å²) in [6, 6.07) is -0.536. The molecule has 0 aromatic heterocycles. The molecule has 0 aromatic rings. The van der Waals surface area contributed by atoms with Crippen LogP contribution in [0.2, 0.25) is 0 Å². The molecule has 1 amide bonds. The van der Waals surface area contributed by atoms with E-state index in [0.29, 0.717) is 25.9 Å². The van der Waals surface area contributed by atoms with Gasteiger partial charge in [0.1, 0.15) is 0 Å². The van der Waals surface area contributed by atoms with Crippen LogP contribution in [0.5, 0.6) is 0 Å². The number of nitrogens with one attached hydrogen (secondary N) is 1. The molecule has 3 N–H and O–H groups in total. The molecule has 0 aliphatic rings. The number of aliphatic hydroxyl groups is 2. The summed E-state index contributed by atoms with van der Waals surface area (Å²) < 4.78 is 5.50. The summed E-state index contributed by atoms with van der Waals surface area (Å²) in [5.41, 5.74) is 0. The van der Waals surface area contributed by atoms with E-state index < -0.39 is 12.1 Å². The van der Waals surface area contributed by atoms with Crippen LogP contribution < -0.4 is 5.32 Å². The Hall–Kier alpha value is -1.40. The fourth-order valence-electron chi connectivity index (χ4n) is 12.1. The van der Waals surface area contributed by atoms with E-state index in [4.69, 9.17) is 4.74 Å². The van der Waals surface area contributed by atoms with Gasteiger partial charge in [0.05, 0.1) is 25.4 Å². The number of carbonyl (C=O) groups is 2. The number of carbonyl (C=O) groups excluding carboxylic acids is 2. The highest BCUT2D eigenvalue weighted by Crippen LogP contribution is 2.20. The van der Waals surface area contributed by atoms with Gasteiger partial charge in [-0.2, -0.15) is 0 Å². The van der Waals surface area contributed by atoms with Crippen molar-refractivity contribution in [3.05, 3.63) is 12.2 Å². The van der Waals surface area contributed by atoms with E-state index in [9.17, 15) is 19.8 Å². The van der Waals surface area contributed by atoms with Gasteiger partial charge in [-0.1, -0.05) is 379 Å². The second-order valence-electron chi connectivity index (χ2n) is 26.0. The highest BCUT2D eigenvalue weighted by Gasteiger charge is 2.20. The van der Waals surface area contributed by atoms with Crippen molar-refractivity contribution < 1.29 is 24.5 Å². The van der Waals surface area contributed by atoms with Crippen molar-refractivity contribution in [3.63, 3.8) is 0 Å². The standard InChI is InChI=1S/C75H147NO5/c1-3-5-7-9-11-13-15-17-18-41-45-49-53-57-61-65-69-75(80)81-70-66-62-58-54-50-46-42-39-37-35-33-31-29-27-25-23-21-19-20-22-24-26-28-30-32-34-36-38-40-44-48-52-56-60-64-68-74(79)76-72(71-77)73(78)67-63-59-55-51-47-43-16-14-12-10-8-6-4-2/h18,41,72-73,77-78H,3-17,19-40,42-71H2,1-2H3,(H,76,79)/b41-18-. The van der Waals surface area contributed by atoms with Gasteiger partial charge in [-0.05, 0) is 51.4 Å². The van der Waals surface area contributed by atoms with Crippen LogP contribution in [0.15, 0.2) is 12.2 Å². The minimum atomic E-state index is -0.659. The van der Waals surface area contributed by atoms with Crippen LogP contribution in [0, 0.1) is 0 Å². The Morgan fingerprint density at radius 3 is 0.877 bits per heavy atom. The predicted octanol–water partition coefficient (Wildman–Crippen LogP) is 24.3. The fraction of sp³-hybridized carbons (Fsp3) is 0.947. The van der Waals surface area contributed by atoms with E-state index in [0.717, 1.165) is 44.9 Å². The zero-order chi connectivity index (χ0) is 58.5. The van der Waals surface area contributed by atoms with Crippen molar-refractivity contribution in [1.82, 2.24) is 5.32 Å². The molecule has 6 nitrogen and oxygen atoms in total. The molecule has 0 aromatic carbocycles. The molecular weight excluding hydrogens is 995 g/mol. The Kier molecular flexibility index (Phi) is 69.9. The van der Waals surface area contributed by atoms with E-state index in [1.807, 2.05) is 0 Å². The lowest BCUT2D eigenvalue weighted by Crippen LogP contribution is -2.45. The van der Waals surface area contributed by atoms with Crippen molar-refractivity contribution >= 4 is 11.9 Å². The molecule has 81 heavy (non-hydrogen) atoms. The molecule has 2 atom stereocenters. The maximum atomic E-state index is 12.5. The van der Waals surface area contributed by atoms with Crippen molar-refractivity contribution in [2.45, 2.75) is 443 Å². The molecule has 0 spiro atoms. The normalized spacial score (nSPS) is 12.5. The van der Waals surface area contributed by atoms with Gasteiger partial charge < -0.3 is 20.3 Å². The number of rotatable bonds is 71. The van der Waals surface area contributed by atoms with E-state index in [1.165, 1.54) is 353 Å². The maximum Gasteiger partial charge on any atom is 0.305 e. The molecule has 0 fully saturated rings. The highest BCUT2D eigenvalue weighted by molar-refractivity contribution is 5.76. The quantitative estimate of drug-likeness (QED) is 0.0320. The van der Waals surface area contributed by atoms with Crippen LogP contribution in [0.1, 0.15) is 431 Å². The van der Waals surface area contributed by atoms with Crippen LogP contribution in [-0.2, 0) is 14.3 Å². The van der Waals surface area contributed by atoms with E-state index in [-0.39, 0.29) is 18.5 Å². The van der Waals surface area contributed by atoms with Crippen molar-refractivity contribution in [2.24, 2.45) is 0 Å². The highest BCUT2D eigenvalue weighted by atomic mass is 16.5. The summed E-state index contributed by atoms with van der Waals surface area (Å²) in [6.45, 7) is 4.99. The van der Waals surface area contributed by atoms with Crippen molar-refractivity contribution in [3.8, 4) is 0 Å². The number of unbranched alkanes of at least 4 members (excludes halogenated alkanes) is 58. The first-order chi connectivity index (χ1) is 40.0. The maximum absolute atomic E-state index is 12.5. The van der Waals surface area contributed by atoms with E-state index in [2.05, 4.69) is 31.3 Å². The zero-order valence-electron chi connectivity index (χ0n) is 55.3. The second-order valence-corrected chi connectivity index (χ2v) is 26.0. The third kappa shape index (κ3) is 67.6. The van der Waals surface area contributed by atoms with E-state index >= 15 is 0 Å². The lowest BCUT2D eigenvalue weighted by atomic mass is 10.0. The number of ether oxygens (including phenoxy) is 1. The van der Waals surface area contributed by atoms with Crippen molar-refractivity contribution in [2.75, 3.05) is 13.2 Å². The SMILES string of the molecule is CCCCCCCCC/C=C\CCCCCCCC(=O)OCCCCCCCCCCCCCCCCCCCCCCCCCCCCCCCCCCCCCC(=O)NC(CO)C(O)CCCCCCCCCCCCCCC. The molecule has 482 valence electrons. The minimum absolute atomic E-state index is 0.0161. The molecule has 6 heteroatoms. The Morgan fingerprint density at radius 2 is 0.580 bits per heavy atom. The summed E-state index contributed by atoms with van der Waals surface area (Å²) in [6.07, 6.45) is 88.7. The Bertz CT molecular complexity index is 1220. The summed E-state index contributed by atoms with van der Waals surface area (Å²) in [5.74, 6) is -0.0108. The zero-order valence-corrected chi connectivity index (χ0v) is 55.3. The molecule has 0 saturated carbocycles. The van der Waals surface area contributed by atoms with Crippen molar-refractivity contribution in [1.29, 1.82) is 0 Å². The first-order valence-corrected chi connectivity index (χ1v) is 37.4. The van der Waals surface area contributed by atoms with Crippen LogP contribution in [0.3, 0.4) is 0 Å². The molecule has 0 aliphatic heterocycles. The largest absolute Gasteiger partial charge is 0.466 e. The molecule has 0 bridgehead atoms. The van der Waals surface area contributed by atoms with Gasteiger partial charge in [-0.3, -0.25) is 9.59 Å². The number of amides is 1. The van der Waals surface area contributed by atoms with Crippen LogP contribution in [0.25, 0.3) is 0 Å². The molecule has 0 saturated heterocycles. The average molecular weight is 1140 g/mol. The third-order valence-corrected chi connectivity index (χ3v) is 17.8. The monoisotopic (exact) mass is 1140 g/mol. The number of hydrogen-bond acceptors (Lipinski definition) is 5. The molecule has 2 unspecified atom stereocenters. The van der Waals surface area contributed by atoms with Gasteiger partial charge in [0.25, 0.3) is 0 Å². The fourth-order valence-corrected chi connectivity index (χ4v) is 12.1. The molecule has 0 rings (SSSR count). The first-order valence-electron chi connectivity index (χ1n) is 37.4. The summed E-state index contributed by atoms with van der Waals surface area (Å²) in [5, 5.41) is 23.3. The van der Waals surface area contributed by atoms with Gasteiger partial charge in [0.15, 0.2) is 0 Å². The number of hydrogen-bond donors (Lipinski definition) is 3. The van der Waals surface area contributed by atoms with Gasteiger partial charge >= 0.3 is 5.97 Å². The van der Waals surface area contributed by atoms with Crippen LogP contribution in [0.4, 0.5) is 0 Å². The third-order valence-electron chi connectivity index (χ3n) is 17.8. The summed E-state index contributed by atoms with van der Waals surface area (Å²) in [4.78, 5) is 24.6. The number of aliphatic hydroxyl groups excluding tert-OH is 2. The molecule has 0 radical (unpaired) electrons. The molecule has 0 heterocycles. The average Bonchev–Trinajstić information content (AvgIpc) is 3.47. The van der Waals surface area contributed by atoms with Gasteiger partial charge in [0, 0.05) is 12.8 Å². The Labute approximate surface area is 508 Å². The Balaban J connectivity index is 3.28. The Morgan fingerprint density at radius 1 is 0.333 bits per heavy atom. The van der Waals surface area contributed by atoms with Crippen LogP contribution >= 0.6 is 0 Å². The molecular formula is C75H147NO5. The second kappa shape index (κ2) is 71.1. The van der Waals surface area contributed by atoms with Gasteiger partial charge in [0.2, 0.25) is 5.91 Å². The number of allylic oxidation sites excluding steroid dienone is 2. The van der Waals surface area contributed by atoms with E-state index in [1.54, 1.807) is 0 Å². The minimum Gasteiger partial charge on any atom is -0.466 e. The smallest absolute Gasteiger partial charge is 0.305 e. The number of esters is 1. The van der Waals surface area contributed by atoms with Gasteiger partial charge in [-0.15, -0.1) is 0 Å². The van der Waals surface area contributed by atoms with Crippen LogP contribution in [-0.4, -0.2) is 47.4 Å². The first kappa shape index (κ1) is 79.6. The van der Waals surface area contributed by atoms with Gasteiger partial charge in [-0.25, -0.2) is 0 Å². The molecule has 0 aliphatic carbocycles. The summed E-state index contributed by atoms with van der Waals surface area (Å²) >= 11 is 0. The predicted molar refractivity (Wildman–Crippen MR) is 357 cm³/mol. The lowest BCUT2D eigenvalue weighted by Gasteiger charge is -2.22. The summed E-state index contributed by atoms with van der Waals surface area (Å²) in [7, 11) is 0.